The minimum atomic E-state index is 0.125. The molecular weight excluding hydrogens is 380 g/mol. The minimum Gasteiger partial charge on any atom is -0.457 e. The SMILES string of the molecule is CC(C)(C)c1cccc(Oc2ccc(CBr)c(Br)c2)c1. The molecule has 0 aliphatic carbocycles. The fourth-order valence-electron chi connectivity index (χ4n) is 1.86. The Morgan fingerprint density at radius 1 is 1.00 bits per heavy atom. The Hall–Kier alpha value is -0.800. The molecule has 0 saturated carbocycles. The van der Waals surface area contributed by atoms with Gasteiger partial charge in [-0.2, -0.15) is 0 Å². The monoisotopic (exact) mass is 396 g/mol. The van der Waals surface area contributed by atoms with Crippen molar-refractivity contribution in [3.63, 3.8) is 0 Å². The molecule has 0 bridgehead atoms. The number of ether oxygens (including phenoxy) is 1. The van der Waals surface area contributed by atoms with Crippen molar-refractivity contribution in [1.82, 2.24) is 0 Å². The Labute approximate surface area is 137 Å². The maximum atomic E-state index is 5.95. The Morgan fingerprint density at radius 3 is 2.30 bits per heavy atom. The highest BCUT2D eigenvalue weighted by Crippen LogP contribution is 2.31. The third-order valence-corrected chi connectivity index (χ3v) is 4.45. The number of hydrogen-bond acceptors (Lipinski definition) is 1. The Bertz CT molecular complexity index is 600. The average molecular weight is 398 g/mol. The second-order valence-corrected chi connectivity index (χ2v) is 7.18. The van der Waals surface area contributed by atoms with E-state index in [0.29, 0.717) is 0 Å². The molecule has 2 aromatic carbocycles. The van der Waals surface area contributed by atoms with Crippen LogP contribution in [0.1, 0.15) is 31.9 Å². The van der Waals surface area contributed by atoms with E-state index in [1.165, 1.54) is 11.1 Å². The van der Waals surface area contributed by atoms with Gasteiger partial charge in [0, 0.05) is 9.80 Å². The predicted octanol–water partition coefficient (Wildman–Crippen LogP) is 6.43. The average Bonchev–Trinajstić information content (AvgIpc) is 2.38. The van der Waals surface area contributed by atoms with Crippen LogP contribution in [-0.2, 0) is 10.7 Å². The maximum absolute atomic E-state index is 5.95. The first-order valence-electron chi connectivity index (χ1n) is 6.53. The minimum absolute atomic E-state index is 0.125. The second-order valence-electron chi connectivity index (χ2n) is 5.77. The standard InChI is InChI=1S/C17H18Br2O/c1-17(2,3)13-5-4-6-14(9-13)20-15-8-7-12(11-18)16(19)10-15/h4-10H,11H2,1-3H3. The van der Waals surface area contributed by atoms with Gasteiger partial charge in [-0.15, -0.1) is 0 Å². The van der Waals surface area contributed by atoms with Gasteiger partial charge in [-0.3, -0.25) is 0 Å². The van der Waals surface area contributed by atoms with E-state index in [-0.39, 0.29) is 5.41 Å². The second kappa shape index (κ2) is 6.31. The van der Waals surface area contributed by atoms with Crippen LogP contribution < -0.4 is 4.74 Å². The number of hydrogen-bond donors (Lipinski definition) is 0. The topological polar surface area (TPSA) is 9.23 Å². The lowest BCUT2D eigenvalue weighted by Gasteiger charge is -2.19. The highest BCUT2D eigenvalue weighted by molar-refractivity contribution is 9.10. The van der Waals surface area contributed by atoms with E-state index in [1.807, 2.05) is 24.3 Å². The van der Waals surface area contributed by atoms with Crippen molar-refractivity contribution in [2.75, 3.05) is 0 Å². The molecule has 0 unspecified atom stereocenters. The molecule has 0 aliphatic rings. The summed E-state index contributed by atoms with van der Waals surface area (Å²) in [5, 5.41) is 0.827. The summed E-state index contributed by atoms with van der Waals surface area (Å²) in [5.41, 5.74) is 2.60. The largest absolute Gasteiger partial charge is 0.457 e. The zero-order valence-corrected chi connectivity index (χ0v) is 15.1. The molecule has 2 rings (SSSR count). The zero-order chi connectivity index (χ0) is 14.8. The normalized spacial score (nSPS) is 11.4. The number of benzene rings is 2. The Balaban J connectivity index is 2.24. The van der Waals surface area contributed by atoms with E-state index in [1.54, 1.807) is 0 Å². The molecule has 106 valence electrons. The van der Waals surface area contributed by atoms with Crippen LogP contribution >= 0.6 is 31.9 Å². The number of rotatable bonds is 3. The fraction of sp³-hybridized carbons (Fsp3) is 0.294. The molecule has 0 atom stereocenters. The van der Waals surface area contributed by atoms with Gasteiger partial charge in [0.1, 0.15) is 11.5 Å². The van der Waals surface area contributed by atoms with Gasteiger partial charge in [-0.1, -0.05) is 70.8 Å². The van der Waals surface area contributed by atoms with E-state index in [9.17, 15) is 0 Å². The van der Waals surface area contributed by atoms with Gasteiger partial charge >= 0.3 is 0 Å². The van der Waals surface area contributed by atoms with Crippen LogP contribution in [0, 0.1) is 0 Å². The van der Waals surface area contributed by atoms with Crippen molar-refractivity contribution in [2.45, 2.75) is 31.5 Å². The summed E-state index contributed by atoms with van der Waals surface area (Å²) in [4.78, 5) is 0. The van der Waals surface area contributed by atoms with Crippen molar-refractivity contribution < 1.29 is 4.74 Å². The molecule has 20 heavy (non-hydrogen) atoms. The van der Waals surface area contributed by atoms with E-state index in [4.69, 9.17) is 4.74 Å². The molecule has 0 amide bonds. The molecule has 1 nitrogen and oxygen atoms in total. The molecule has 0 fully saturated rings. The smallest absolute Gasteiger partial charge is 0.128 e. The van der Waals surface area contributed by atoms with Gasteiger partial charge in [0.05, 0.1) is 0 Å². The zero-order valence-electron chi connectivity index (χ0n) is 11.9. The highest BCUT2D eigenvalue weighted by Gasteiger charge is 2.14. The summed E-state index contributed by atoms with van der Waals surface area (Å²) in [7, 11) is 0. The lowest BCUT2D eigenvalue weighted by atomic mass is 9.87. The van der Waals surface area contributed by atoms with Crippen molar-refractivity contribution in [3.05, 3.63) is 58.1 Å². The predicted molar refractivity (Wildman–Crippen MR) is 92.0 cm³/mol. The first-order chi connectivity index (χ1) is 9.40. The van der Waals surface area contributed by atoms with Crippen molar-refractivity contribution >= 4 is 31.9 Å². The number of halogens is 2. The Kier molecular flexibility index (Phi) is 4.92. The highest BCUT2D eigenvalue weighted by atomic mass is 79.9. The third-order valence-electron chi connectivity index (χ3n) is 3.10. The first-order valence-corrected chi connectivity index (χ1v) is 8.44. The van der Waals surface area contributed by atoms with Gasteiger partial charge in [0.2, 0.25) is 0 Å². The van der Waals surface area contributed by atoms with Gasteiger partial charge < -0.3 is 4.74 Å². The summed E-state index contributed by atoms with van der Waals surface area (Å²) < 4.78 is 7.00. The summed E-state index contributed by atoms with van der Waals surface area (Å²) in [6.45, 7) is 6.61. The molecule has 0 saturated heterocycles. The first kappa shape index (κ1) is 15.6. The summed E-state index contributed by atoms with van der Waals surface area (Å²) in [5.74, 6) is 1.71. The lowest BCUT2D eigenvalue weighted by molar-refractivity contribution is 0.478. The van der Waals surface area contributed by atoms with E-state index >= 15 is 0 Å². The molecule has 0 N–H and O–H groups in total. The van der Waals surface area contributed by atoms with E-state index < -0.39 is 0 Å². The molecule has 0 heterocycles. The van der Waals surface area contributed by atoms with Crippen LogP contribution in [0.5, 0.6) is 11.5 Å². The van der Waals surface area contributed by atoms with E-state index in [2.05, 4.69) is 70.8 Å². The third kappa shape index (κ3) is 3.86. The van der Waals surface area contributed by atoms with Gasteiger partial charge in [0.15, 0.2) is 0 Å². The van der Waals surface area contributed by atoms with Crippen LogP contribution in [0.4, 0.5) is 0 Å². The van der Waals surface area contributed by atoms with Gasteiger partial charge in [-0.05, 0) is 40.8 Å². The van der Waals surface area contributed by atoms with Crippen LogP contribution in [0.2, 0.25) is 0 Å². The van der Waals surface area contributed by atoms with Gasteiger partial charge in [0.25, 0.3) is 0 Å². The van der Waals surface area contributed by atoms with E-state index in [0.717, 1.165) is 21.3 Å². The molecule has 0 aromatic heterocycles. The van der Waals surface area contributed by atoms with Crippen molar-refractivity contribution in [2.24, 2.45) is 0 Å². The molecule has 3 heteroatoms. The molecule has 0 radical (unpaired) electrons. The summed E-state index contributed by atoms with van der Waals surface area (Å²) in [6.07, 6.45) is 0. The van der Waals surface area contributed by atoms with Crippen LogP contribution in [0.3, 0.4) is 0 Å². The maximum Gasteiger partial charge on any atom is 0.128 e. The van der Waals surface area contributed by atoms with Crippen molar-refractivity contribution in [3.8, 4) is 11.5 Å². The molecule has 0 aliphatic heterocycles. The summed E-state index contributed by atoms with van der Waals surface area (Å²) in [6, 6.07) is 14.3. The number of alkyl halides is 1. The van der Waals surface area contributed by atoms with Crippen LogP contribution in [-0.4, -0.2) is 0 Å². The molecule has 0 spiro atoms. The molecular formula is C17H18Br2O. The van der Waals surface area contributed by atoms with Crippen molar-refractivity contribution in [1.29, 1.82) is 0 Å². The van der Waals surface area contributed by atoms with Crippen LogP contribution in [0.15, 0.2) is 46.9 Å². The fourth-order valence-corrected chi connectivity index (χ4v) is 3.23. The lowest BCUT2D eigenvalue weighted by Crippen LogP contribution is -2.10. The molecule has 2 aromatic rings. The van der Waals surface area contributed by atoms with Crippen LogP contribution in [0.25, 0.3) is 0 Å². The Morgan fingerprint density at radius 2 is 1.70 bits per heavy atom. The quantitative estimate of drug-likeness (QED) is 0.542. The summed E-state index contributed by atoms with van der Waals surface area (Å²) >= 11 is 7.02. The van der Waals surface area contributed by atoms with Gasteiger partial charge in [-0.25, -0.2) is 0 Å².